The third-order valence-electron chi connectivity index (χ3n) is 10.6. The van der Waals surface area contributed by atoms with Gasteiger partial charge in [-0.15, -0.1) is 0 Å². The van der Waals surface area contributed by atoms with Crippen molar-refractivity contribution in [2.24, 2.45) is 17.8 Å². The maximum Gasteiger partial charge on any atom is 0.309 e. The van der Waals surface area contributed by atoms with Crippen molar-refractivity contribution < 1.29 is 27.8 Å². The average Bonchev–Trinajstić information content (AvgIpc) is 3.84. The normalized spacial score (nSPS) is 16.6. The minimum atomic E-state index is -0.446. The zero-order valence-corrected chi connectivity index (χ0v) is 32.9. The van der Waals surface area contributed by atoms with E-state index in [9.17, 15) is 13.6 Å². The molecule has 2 aliphatic rings. The van der Waals surface area contributed by atoms with Crippen LogP contribution in [-0.4, -0.2) is 19.2 Å². The molecule has 5 rings (SSSR count). The van der Waals surface area contributed by atoms with Crippen molar-refractivity contribution in [3.05, 3.63) is 106 Å². The van der Waals surface area contributed by atoms with Gasteiger partial charge in [-0.3, -0.25) is 4.79 Å². The van der Waals surface area contributed by atoms with Gasteiger partial charge in [0.05, 0.1) is 19.1 Å². The van der Waals surface area contributed by atoms with Gasteiger partial charge in [0.1, 0.15) is 6.61 Å². The summed E-state index contributed by atoms with van der Waals surface area (Å²) < 4.78 is 47.1. The number of hydrogen-bond acceptors (Lipinski definition) is 4. The third-order valence-corrected chi connectivity index (χ3v) is 10.6. The van der Waals surface area contributed by atoms with Crippen molar-refractivity contribution in [2.75, 3.05) is 13.2 Å². The van der Waals surface area contributed by atoms with Gasteiger partial charge >= 0.3 is 5.97 Å². The molecule has 55 heavy (non-hydrogen) atoms. The van der Waals surface area contributed by atoms with Gasteiger partial charge in [-0.1, -0.05) is 127 Å². The number of allylic oxidation sites excluding steroid dienone is 2. The lowest BCUT2D eigenvalue weighted by atomic mass is 9.94. The lowest BCUT2D eigenvalue weighted by molar-refractivity contribution is -0.150. The Bertz CT molecular complexity index is 1840. The maximum absolute atomic E-state index is 14.9. The van der Waals surface area contributed by atoms with E-state index >= 15 is 0 Å². The van der Waals surface area contributed by atoms with Crippen molar-refractivity contribution >= 4 is 5.97 Å². The fourth-order valence-electron chi connectivity index (χ4n) is 7.38. The molecule has 1 fully saturated rings. The van der Waals surface area contributed by atoms with E-state index in [1.165, 1.54) is 76.3 Å². The summed E-state index contributed by atoms with van der Waals surface area (Å²) in [5.41, 5.74) is 3.06. The van der Waals surface area contributed by atoms with Crippen LogP contribution in [0.3, 0.4) is 0 Å². The highest BCUT2D eigenvalue weighted by Crippen LogP contribution is 2.44. The van der Waals surface area contributed by atoms with Crippen molar-refractivity contribution in [1.82, 2.24) is 0 Å². The molecule has 3 atom stereocenters. The molecule has 3 aromatic carbocycles. The zero-order chi connectivity index (χ0) is 38.7. The fraction of sp³-hybridized carbons (Fsp3) is 0.490. The second kappa shape index (κ2) is 22.7. The molecule has 3 unspecified atom stereocenters. The minimum absolute atomic E-state index is 0.0368. The van der Waals surface area contributed by atoms with Crippen LogP contribution in [0.15, 0.2) is 66.7 Å². The van der Waals surface area contributed by atoms with E-state index in [1.807, 2.05) is 18.2 Å². The summed E-state index contributed by atoms with van der Waals surface area (Å²) in [4.78, 5) is 13.1. The number of rotatable bonds is 21. The van der Waals surface area contributed by atoms with Crippen LogP contribution in [-0.2, 0) is 16.1 Å². The summed E-state index contributed by atoms with van der Waals surface area (Å²) in [6, 6.07) is 15.1. The van der Waals surface area contributed by atoms with E-state index < -0.39 is 11.6 Å². The quantitative estimate of drug-likeness (QED) is 0.0471. The monoisotopic (exact) mass is 748 g/mol. The first-order chi connectivity index (χ1) is 26.9. The fourth-order valence-corrected chi connectivity index (χ4v) is 7.38. The zero-order valence-electron chi connectivity index (χ0n) is 32.9. The van der Waals surface area contributed by atoms with Crippen molar-refractivity contribution in [1.29, 1.82) is 0 Å². The lowest BCUT2D eigenvalue weighted by Gasteiger charge is -2.17. The Labute approximate surface area is 328 Å². The van der Waals surface area contributed by atoms with Gasteiger partial charge in [0.25, 0.3) is 0 Å². The first-order valence-electron chi connectivity index (χ1n) is 20.8. The molecule has 292 valence electrons. The van der Waals surface area contributed by atoms with Gasteiger partial charge in [0, 0.05) is 27.8 Å². The molecule has 0 spiro atoms. The average molecular weight is 749 g/mol. The second-order valence-corrected chi connectivity index (χ2v) is 15.1. The molecule has 0 radical (unpaired) electrons. The van der Waals surface area contributed by atoms with Crippen LogP contribution in [0.25, 0.3) is 0 Å². The number of esters is 1. The van der Waals surface area contributed by atoms with E-state index in [0.717, 1.165) is 38.5 Å². The first-order valence-corrected chi connectivity index (χ1v) is 20.8. The Balaban J connectivity index is 1.22. The Morgan fingerprint density at radius 1 is 0.618 bits per heavy atom. The molecule has 0 heterocycles. The maximum atomic E-state index is 14.9. The molecule has 0 amide bonds. The molecule has 4 nitrogen and oxygen atoms in total. The van der Waals surface area contributed by atoms with E-state index in [1.54, 1.807) is 24.3 Å². The van der Waals surface area contributed by atoms with Crippen LogP contribution in [0, 0.1) is 53.1 Å². The summed E-state index contributed by atoms with van der Waals surface area (Å²) in [5, 5.41) is 0. The van der Waals surface area contributed by atoms with Gasteiger partial charge < -0.3 is 14.2 Å². The predicted molar refractivity (Wildman–Crippen MR) is 217 cm³/mol. The van der Waals surface area contributed by atoms with Crippen molar-refractivity contribution in [2.45, 2.75) is 123 Å². The predicted octanol–water partition coefficient (Wildman–Crippen LogP) is 12.3. The SMILES string of the molecule is CCCCCCCCCOc1ccc(C#Cc2ccc(C#Cc3ccc(OCCCCCCCCC)c(F)c3)c(COC(=O)C3CC4C=CC3C4)c2)cc1F. The molecule has 2 bridgehead atoms. The molecule has 6 heteroatoms. The highest BCUT2D eigenvalue weighted by atomic mass is 19.1. The van der Waals surface area contributed by atoms with Crippen LogP contribution in [0.5, 0.6) is 11.5 Å². The molecule has 2 aliphatic carbocycles. The Morgan fingerprint density at radius 2 is 1.13 bits per heavy atom. The Morgan fingerprint density at radius 3 is 1.64 bits per heavy atom. The molecule has 3 aromatic rings. The summed E-state index contributed by atoms with van der Waals surface area (Å²) in [5.74, 6) is 12.4. The molecule has 0 aromatic heterocycles. The topological polar surface area (TPSA) is 44.8 Å². The van der Waals surface area contributed by atoms with Crippen molar-refractivity contribution in [3.8, 4) is 35.2 Å². The van der Waals surface area contributed by atoms with Crippen LogP contribution >= 0.6 is 0 Å². The lowest BCUT2D eigenvalue weighted by Crippen LogP contribution is -2.21. The minimum Gasteiger partial charge on any atom is -0.491 e. The third kappa shape index (κ3) is 13.6. The molecule has 1 saturated carbocycles. The molecule has 0 N–H and O–H groups in total. The van der Waals surface area contributed by atoms with Crippen LogP contribution < -0.4 is 9.47 Å². The second-order valence-electron chi connectivity index (χ2n) is 15.1. The largest absolute Gasteiger partial charge is 0.491 e. The Hall–Kier alpha value is -4.55. The molecular weight excluding hydrogens is 691 g/mol. The summed E-state index contributed by atoms with van der Waals surface area (Å²) in [6.45, 7) is 5.44. The van der Waals surface area contributed by atoms with E-state index in [4.69, 9.17) is 14.2 Å². The van der Waals surface area contributed by atoms with Gasteiger partial charge in [-0.25, -0.2) is 8.78 Å². The number of fused-ring (bicyclic) bond motifs is 2. The highest BCUT2D eigenvalue weighted by Gasteiger charge is 2.40. The molecule has 0 saturated heterocycles. The van der Waals surface area contributed by atoms with Crippen LogP contribution in [0.2, 0.25) is 0 Å². The van der Waals surface area contributed by atoms with Gasteiger partial charge in [-0.2, -0.15) is 0 Å². The number of benzene rings is 3. The van der Waals surface area contributed by atoms with Crippen molar-refractivity contribution in [3.63, 3.8) is 0 Å². The number of hydrogen-bond donors (Lipinski definition) is 0. The van der Waals surface area contributed by atoms with E-state index in [-0.39, 0.29) is 35.9 Å². The first kappa shape index (κ1) is 41.6. The summed E-state index contributed by atoms with van der Waals surface area (Å²) in [7, 11) is 0. The smallest absolute Gasteiger partial charge is 0.309 e. The summed E-state index contributed by atoms with van der Waals surface area (Å²) in [6.07, 6.45) is 22.5. The van der Waals surface area contributed by atoms with Crippen LogP contribution in [0.4, 0.5) is 8.78 Å². The number of unbranched alkanes of at least 4 members (excludes halogenated alkanes) is 12. The number of ether oxygens (including phenoxy) is 3. The molecule has 0 aliphatic heterocycles. The standard InChI is InChI=1S/C49H58F2O4/c1-3-5-7-9-11-13-15-29-53-47-27-22-38(34-45(47)50)18-17-37-19-24-41(43(31-37)36-55-49(52)44-33-40-21-26-42(44)32-40)25-20-39-23-28-48(46(51)35-39)54-30-16-14-12-10-8-6-4-2/h19,21-24,26-28,31,34-35,40,42,44H,3-16,29-30,32-33,36H2,1-2H3. The summed E-state index contributed by atoms with van der Waals surface area (Å²) >= 11 is 0. The number of carbonyl (C=O) groups is 1. The van der Waals surface area contributed by atoms with E-state index in [2.05, 4.69) is 49.7 Å². The Kier molecular flexibility index (Phi) is 17.2. The van der Waals surface area contributed by atoms with Gasteiger partial charge in [0.2, 0.25) is 0 Å². The number of carbonyl (C=O) groups excluding carboxylic acids is 1. The van der Waals surface area contributed by atoms with Gasteiger partial charge in [0.15, 0.2) is 23.1 Å². The van der Waals surface area contributed by atoms with Gasteiger partial charge in [-0.05, 0) is 92.1 Å². The number of halogens is 2. The van der Waals surface area contributed by atoms with Crippen LogP contribution in [0.1, 0.15) is 144 Å². The molecular formula is C49H58F2O4. The van der Waals surface area contributed by atoms with E-state index in [0.29, 0.717) is 46.9 Å². The highest BCUT2D eigenvalue weighted by molar-refractivity contribution is 5.74.